The van der Waals surface area contributed by atoms with Crippen molar-refractivity contribution in [1.29, 1.82) is 0 Å². The normalized spacial score (nSPS) is 10.6. The monoisotopic (exact) mass is 366 g/mol. The van der Waals surface area contributed by atoms with Crippen LogP contribution in [0.2, 0.25) is 0 Å². The van der Waals surface area contributed by atoms with Crippen molar-refractivity contribution in [1.82, 2.24) is 0 Å². The van der Waals surface area contributed by atoms with Gasteiger partial charge in [0.1, 0.15) is 0 Å². The summed E-state index contributed by atoms with van der Waals surface area (Å²) in [6, 6.07) is 29.6. The molecule has 2 amide bonds. The Morgan fingerprint density at radius 2 is 1.04 bits per heavy atom. The number of rotatable bonds is 4. The second kappa shape index (κ2) is 7.37. The summed E-state index contributed by atoms with van der Waals surface area (Å²) < 4.78 is 0. The second-order valence-electron chi connectivity index (χ2n) is 6.38. The maximum absolute atomic E-state index is 13.7. The van der Waals surface area contributed by atoms with Crippen LogP contribution in [-0.2, 0) is 0 Å². The fourth-order valence-electron chi connectivity index (χ4n) is 3.37. The number of hydrogen-bond acceptors (Lipinski definition) is 2. The summed E-state index contributed by atoms with van der Waals surface area (Å²) in [5.74, 6) is -0.692. The molecule has 4 aromatic rings. The molecule has 0 saturated heterocycles. The summed E-state index contributed by atoms with van der Waals surface area (Å²) in [7, 11) is 0. The van der Waals surface area contributed by atoms with Crippen LogP contribution in [0.15, 0.2) is 97.1 Å². The number of carbonyl (C=O) groups excluding carboxylic acids is 2. The van der Waals surface area contributed by atoms with E-state index in [1.165, 1.54) is 0 Å². The maximum atomic E-state index is 13.7. The van der Waals surface area contributed by atoms with Crippen molar-refractivity contribution >= 4 is 34.0 Å². The van der Waals surface area contributed by atoms with Crippen molar-refractivity contribution < 1.29 is 9.59 Å². The van der Waals surface area contributed by atoms with Crippen LogP contribution in [0.25, 0.3) is 10.8 Å². The first kappa shape index (κ1) is 17.5. The van der Waals surface area contributed by atoms with E-state index >= 15 is 0 Å². The molecule has 0 spiro atoms. The highest BCUT2D eigenvalue weighted by Gasteiger charge is 2.22. The summed E-state index contributed by atoms with van der Waals surface area (Å²) >= 11 is 0. The number of amides is 2. The summed E-state index contributed by atoms with van der Waals surface area (Å²) in [5, 5.41) is 1.36. The van der Waals surface area contributed by atoms with Gasteiger partial charge >= 0.3 is 0 Å². The summed E-state index contributed by atoms with van der Waals surface area (Å²) in [4.78, 5) is 27.1. The Kier molecular flexibility index (Phi) is 4.60. The van der Waals surface area contributed by atoms with E-state index in [1.807, 2.05) is 72.8 Å². The Bertz CT molecular complexity index is 1120. The lowest BCUT2D eigenvalue weighted by Gasteiger charge is -2.24. The molecule has 0 aromatic heterocycles. The van der Waals surface area contributed by atoms with Gasteiger partial charge in [-0.05, 0) is 47.2 Å². The molecule has 136 valence electrons. The first-order valence-electron chi connectivity index (χ1n) is 8.93. The van der Waals surface area contributed by atoms with E-state index in [2.05, 4.69) is 0 Å². The highest BCUT2D eigenvalue weighted by Crippen LogP contribution is 2.30. The molecule has 0 fully saturated rings. The predicted molar refractivity (Wildman–Crippen MR) is 112 cm³/mol. The van der Waals surface area contributed by atoms with Gasteiger partial charge in [-0.2, -0.15) is 0 Å². The SMILES string of the molecule is NC(=O)c1cccc2c(C(=O)N(c3ccccc3)c3ccccc3)cccc12. The molecule has 28 heavy (non-hydrogen) atoms. The molecule has 0 saturated carbocycles. The molecule has 4 aromatic carbocycles. The second-order valence-corrected chi connectivity index (χ2v) is 6.38. The zero-order valence-electron chi connectivity index (χ0n) is 15.1. The van der Waals surface area contributed by atoms with E-state index in [1.54, 1.807) is 29.2 Å². The summed E-state index contributed by atoms with van der Waals surface area (Å²) in [6.45, 7) is 0. The van der Waals surface area contributed by atoms with Crippen molar-refractivity contribution in [3.05, 3.63) is 108 Å². The number of fused-ring (bicyclic) bond motifs is 1. The van der Waals surface area contributed by atoms with E-state index in [9.17, 15) is 9.59 Å². The minimum Gasteiger partial charge on any atom is -0.366 e. The number of nitrogens with two attached hydrogens (primary N) is 1. The molecule has 4 rings (SSSR count). The third-order valence-corrected chi connectivity index (χ3v) is 4.65. The number of carbonyl (C=O) groups is 2. The molecule has 0 unspecified atom stereocenters. The Morgan fingerprint density at radius 1 is 0.571 bits per heavy atom. The number of benzene rings is 4. The molecule has 4 heteroatoms. The average molecular weight is 366 g/mol. The minimum atomic E-state index is -0.516. The molecule has 2 N–H and O–H groups in total. The molecular formula is C24H18N2O2. The highest BCUT2D eigenvalue weighted by atomic mass is 16.2. The Labute approximate surface area is 162 Å². The molecular weight excluding hydrogens is 348 g/mol. The van der Waals surface area contributed by atoms with Crippen LogP contribution in [0.1, 0.15) is 20.7 Å². The van der Waals surface area contributed by atoms with Crippen LogP contribution in [0, 0.1) is 0 Å². The van der Waals surface area contributed by atoms with Gasteiger partial charge in [0.15, 0.2) is 0 Å². The van der Waals surface area contributed by atoms with Crippen molar-refractivity contribution in [2.24, 2.45) is 5.73 Å². The summed E-state index contributed by atoms with van der Waals surface area (Å²) in [5.41, 5.74) is 7.95. The smallest absolute Gasteiger partial charge is 0.263 e. The van der Waals surface area contributed by atoms with Gasteiger partial charge in [0, 0.05) is 22.5 Å². The molecule has 0 radical (unpaired) electrons. The zero-order chi connectivity index (χ0) is 19.5. The number of primary amides is 1. The fourth-order valence-corrected chi connectivity index (χ4v) is 3.37. The van der Waals surface area contributed by atoms with Crippen LogP contribution >= 0.6 is 0 Å². The first-order valence-corrected chi connectivity index (χ1v) is 8.93. The van der Waals surface area contributed by atoms with Crippen LogP contribution < -0.4 is 10.6 Å². The molecule has 0 bridgehead atoms. The van der Waals surface area contributed by atoms with Crippen LogP contribution in [0.4, 0.5) is 11.4 Å². The third-order valence-electron chi connectivity index (χ3n) is 4.65. The topological polar surface area (TPSA) is 63.4 Å². The van der Waals surface area contributed by atoms with Crippen LogP contribution in [-0.4, -0.2) is 11.8 Å². The van der Waals surface area contributed by atoms with Crippen LogP contribution in [0.3, 0.4) is 0 Å². The van der Waals surface area contributed by atoms with E-state index < -0.39 is 5.91 Å². The van der Waals surface area contributed by atoms with Gasteiger partial charge in [-0.1, -0.05) is 60.7 Å². The highest BCUT2D eigenvalue weighted by molar-refractivity contribution is 6.19. The molecule has 0 atom stereocenters. The quantitative estimate of drug-likeness (QED) is 0.557. The van der Waals surface area contributed by atoms with E-state index in [4.69, 9.17) is 5.73 Å². The lowest BCUT2D eigenvalue weighted by atomic mass is 9.98. The minimum absolute atomic E-state index is 0.176. The van der Waals surface area contributed by atoms with Gasteiger partial charge in [-0.15, -0.1) is 0 Å². The molecule has 0 heterocycles. The standard InChI is InChI=1S/C24H18N2O2/c25-23(27)21-15-7-14-20-19(21)13-8-16-22(20)24(28)26(17-9-3-1-4-10-17)18-11-5-2-6-12-18/h1-16H,(H2,25,27). The third kappa shape index (κ3) is 3.12. The van der Waals surface area contributed by atoms with Crippen LogP contribution in [0.5, 0.6) is 0 Å². The molecule has 0 aliphatic rings. The number of hydrogen-bond donors (Lipinski definition) is 1. The van der Waals surface area contributed by atoms with Gasteiger partial charge in [0.25, 0.3) is 5.91 Å². The van der Waals surface area contributed by atoms with Crippen molar-refractivity contribution in [3.8, 4) is 0 Å². The van der Waals surface area contributed by atoms with Gasteiger partial charge in [-0.3, -0.25) is 14.5 Å². The number of para-hydroxylation sites is 2. The Balaban J connectivity index is 1.91. The van der Waals surface area contributed by atoms with Gasteiger partial charge in [-0.25, -0.2) is 0 Å². The van der Waals surface area contributed by atoms with E-state index in [0.717, 1.165) is 11.4 Å². The largest absolute Gasteiger partial charge is 0.366 e. The Hall–Kier alpha value is -3.92. The predicted octanol–water partition coefficient (Wildman–Crippen LogP) is 4.92. The lowest BCUT2D eigenvalue weighted by molar-refractivity contribution is 0.0992. The summed E-state index contributed by atoms with van der Waals surface area (Å²) in [6.07, 6.45) is 0. The lowest BCUT2D eigenvalue weighted by Crippen LogP contribution is -2.26. The van der Waals surface area contributed by atoms with Crippen molar-refractivity contribution in [2.75, 3.05) is 4.90 Å². The van der Waals surface area contributed by atoms with Gasteiger partial charge < -0.3 is 5.73 Å². The van der Waals surface area contributed by atoms with Gasteiger partial charge in [0.05, 0.1) is 0 Å². The molecule has 0 aliphatic heterocycles. The number of anilines is 2. The average Bonchev–Trinajstić information content (AvgIpc) is 2.74. The Morgan fingerprint density at radius 3 is 1.54 bits per heavy atom. The number of nitrogens with zero attached hydrogens (tertiary/aromatic N) is 1. The maximum Gasteiger partial charge on any atom is 0.263 e. The van der Waals surface area contributed by atoms with E-state index in [0.29, 0.717) is 21.9 Å². The van der Waals surface area contributed by atoms with Crippen molar-refractivity contribution in [3.63, 3.8) is 0 Å². The zero-order valence-corrected chi connectivity index (χ0v) is 15.1. The fraction of sp³-hybridized carbons (Fsp3) is 0. The van der Waals surface area contributed by atoms with E-state index in [-0.39, 0.29) is 5.91 Å². The van der Waals surface area contributed by atoms with Crippen molar-refractivity contribution in [2.45, 2.75) is 0 Å². The van der Waals surface area contributed by atoms with Gasteiger partial charge in [0.2, 0.25) is 5.91 Å². The molecule has 0 aliphatic carbocycles. The first-order chi connectivity index (χ1) is 13.7. The molecule has 4 nitrogen and oxygen atoms in total.